The molecular weight excluding hydrogens is 378 g/mol. The number of benzene rings is 4. The molecule has 3 heteroatoms. The molecule has 0 atom stereocenters. The number of hydrogen-bond acceptors (Lipinski definition) is 3. The molecule has 0 saturated carbocycles. The number of hydrogen-bond donors (Lipinski definition) is 3. The fourth-order valence-corrected chi connectivity index (χ4v) is 4.53. The number of anilines is 3. The van der Waals surface area contributed by atoms with Crippen molar-refractivity contribution in [2.75, 3.05) is 17.2 Å². The summed E-state index contributed by atoms with van der Waals surface area (Å²) in [5.74, 6) is 0. The van der Waals surface area contributed by atoms with Crippen molar-refractivity contribution in [1.82, 2.24) is 0 Å². The SMILES string of the molecule is Cc1cc(N)ccc1-c1ccc(N)c(-c2ccc(C)c(-c3ccccc3C)c2N)c1C. The van der Waals surface area contributed by atoms with Gasteiger partial charge in [0.25, 0.3) is 0 Å². The lowest BCUT2D eigenvalue weighted by molar-refractivity contribution is 1.39. The van der Waals surface area contributed by atoms with Crippen molar-refractivity contribution in [3.05, 3.63) is 89.0 Å². The van der Waals surface area contributed by atoms with Gasteiger partial charge in [0.2, 0.25) is 0 Å². The average Bonchev–Trinajstić information content (AvgIpc) is 2.72. The first-order valence-corrected chi connectivity index (χ1v) is 10.5. The van der Waals surface area contributed by atoms with Crippen LogP contribution in [0.1, 0.15) is 22.3 Å². The van der Waals surface area contributed by atoms with Crippen molar-refractivity contribution < 1.29 is 0 Å². The van der Waals surface area contributed by atoms with Crippen molar-refractivity contribution in [2.24, 2.45) is 0 Å². The Bertz CT molecular complexity index is 1300. The second kappa shape index (κ2) is 7.84. The topological polar surface area (TPSA) is 78.1 Å². The van der Waals surface area contributed by atoms with Crippen LogP contribution in [-0.4, -0.2) is 0 Å². The van der Waals surface area contributed by atoms with E-state index in [4.69, 9.17) is 17.2 Å². The van der Waals surface area contributed by atoms with Crippen molar-refractivity contribution >= 4 is 17.1 Å². The lowest BCUT2D eigenvalue weighted by Crippen LogP contribution is -2.02. The third kappa shape index (κ3) is 3.53. The van der Waals surface area contributed by atoms with Gasteiger partial charge in [-0.2, -0.15) is 0 Å². The minimum absolute atomic E-state index is 0.723. The van der Waals surface area contributed by atoms with Crippen LogP contribution in [0, 0.1) is 27.7 Å². The first kappa shape index (κ1) is 20.5. The third-order valence-corrected chi connectivity index (χ3v) is 6.18. The lowest BCUT2D eigenvalue weighted by Gasteiger charge is -2.20. The molecule has 6 N–H and O–H groups in total. The highest BCUT2D eigenvalue weighted by molar-refractivity contribution is 5.97. The zero-order valence-electron chi connectivity index (χ0n) is 18.6. The molecule has 0 fully saturated rings. The average molecular weight is 408 g/mol. The van der Waals surface area contributed by atoms with Crippen LogP contribution in [0.25, 0.3) is 33.4 Å². The minimum atomic E-state index is 0.723. The molecule has 31 heavy (non-hydrogen) atoms. The van der Waals surface area contributed by atoms with Gasteiger partial charge in [-0.25, -0.2) is 0 Å². The summed E-state index contributed by atoms with van der Waals surface area (Å²) >= 11 is 0. The fourth-order valence-electron chi connectivity index (χ4n) is 4.53. The molecule has 0 radical (unpaired) electrons. The van der Waals surface area contributed by atoms with Crippen LogP contribution in [0.3, 0.4) is 0 Å². The molecule has 156 valence electrons. The number of rotatable bonds is 3. The normalized spacial score (nSPS) is 11.0. The monoisotopic (exact) mass is 407 g/mol. The highest BCUT2D eigenvalue weighted by atomic mass is 14.6. The van der Waals surface area contributed by atoms with Gasteiger partial charge in [-0.1, -0.05) is 48.5 Å². The number of nitrogen functional groups attached to an aromatic ring is 3. The molecule has 3 nitrogen and oxygen atoms in total. The molecule has 4 aromatic carbocycles. The number of nitrogens with two attached hydrogens (primary N) is 3. The quantitative estimate of drug-likeness (QED) is 0.332. The van der Waals surface area contributed by atoms with Crippen LogP contribution in [0.4, 0.5) is 17.1 Å². The Morgan fingerprint density at radius 2 is 1.19 bits per heavy atom. The Morgan fingerprint density at radius 3 is 1.90 bits per heavy atom. The summed E-state index contributed by atoms with van der Waals surface area (Å²) in [5.41, 5.74) is 32.6. The van der Waals surface area contributed by atoms with E-state index < -0.39 is 0 Å². The predicted molar refractivity (Wildman–Crippen MR) is 135 cm³/mol. The zero-order valence-corrected chi connectivity index (χ0v) is 18.6. The molecule has 0 unspecified atom stereocenters. The van der Waals surface area contributed by atoms with Crippen LogP contribution in [-0.2, 0) is 0 Å². The zero-order chi connectivity index (χ0) is 22.3. The third-order valence-electron chi connectivity index (χ3n) is 6.18. The molecule has 0 aliphatic heterocycles. The van der Waals surface area contributed by atoms with E-state index in [9.17, 15) is 0 Å². The van der Waals surface area contributed by atoms with E-state index in [-0.39, 0.29) is 0 Å². The fraction of sp³-hybridized carbons (Fsp3) is 0.143. The Kier molecular flexibility index (Phi) is 5.20. The van der Waals surface area contributed by atoms with Crippen LogP contribution >= 0.6 is 0 Å². The molecule has 4 aromatic rings. The van der Waals surface area contributed by atoms with Crippen LogP contribution in [0.5, 0.6) is 0 Å². The summed E-state index contributed by atoms with van der Waals surface area (Å²) in [4.78, 5) is 0. The Hall–Kier alpha value is -3.72. The predicted octanol–water partition coefficient (Wildman–Crippen LogP) is 6.67. The number of aryl methyl sites for hydroxylation is 3. The van der Waals surface area contributed by atoms with E-state index in [1.165, 1.54) is 5.56 Å². The summed E-state index contributed by atoms with van der Waals surface area (Å²) in [5, 5.41) is 0. The summed E-state index contributed by atoms with van der Waals surface area (Å²) in [7, 11) is 0. The Morgan fingerprint density at radius 1 is 0.516 bits per heavy atom. The summed E-state index contributed by atoms with van der Waals surface area (Å²) in [6.07, 6.45) is 0. The molecule has 0 bridgehead atoms. The van der Waals surface area contributed by atoms with Gasteiger partial charge in [0.05, 0.1) is 0 Å². The van der Waals surface area contributed by atoms with Gasteiger partial charge in [0.15, 0.2) is 0 Å². The highest BCUT2D eigenvalue weighted by Gasteiger charge is 2.19. The molecular formula is C28H29N3. The molecule has 0 saturated heterocycles. The maximum atomic E-state index is 6.82. The van der Waals surface area contributed by atoms with Crippen LogP contribution < -0.4 is 17.2 Å². The van der Waals surface area contributed by atoms with Gasteiger partial charge in [0.1, 0.15) is 0 Å². The largest absolute Gasteiger partial charge is 0.399 e. The van der Waals surface area contributed by atoms with E-state index in [1.807, 2.05) is 18.2 Å². The van der Waals surface area contributed by atoms with Crippen molar-refractivity contribution in [3.8, 4) is 33.4 Å². The van der Waals surface area contributed by atoms with Gasteiger partial charge in [-0.05, 0) is 84.8 Å². The van der Waals surface area contributed by atoms with Crippen molar-refractivity contribution in [1.29, 1.82) is 0 Å². The Labute approximate surface area is 184 Å². The van der Waals surface area contributed by atoms with Crippen LogP contribution in [0.15, 0.2) is 66.7 Å². The molecule has 0 spiro atoms. The standard InChI is InChI=1S/C28H29N3/c1-16-7-5-6-8-22(16)26-17(2)9-11-24(28(26)31)27-19(4)23(13-14-25(27)30)21-12-10-20(29)15-18(21)3/h5-15H,29-31H2,1-4H3. The van der Waals surface area contributed by atoms with E-state index >= 15 is 0 Å². The van der Waals surface area contributed by atoms with E-state index in [1.54, 1.807) is 0 Å². The van der Waals surface area contributed by atoms with Gasteiger partial charge in [-0.15, -0.1) is 0 Å². The molecule has 0 aliphatic carbocycles. The lowest BCUT2D eigenvalue weighted by atomic mass is 9.86. The van der Waals surface area contributed by atoms with Gasteiger partial charge < -0.3 is 17.2 Å². The maximum Gasteiger partial charge on any atom is 0.0477 e. The van der Waals surface area contributed by atoms with E-state index in [0.717, 1.165) is 67.1 Å². The minimum Gasteiger partial charge on any atom is -0.399 e. The second-order valence-electron chi connectivity index (χ2n) is 8.31. The molecule has 4 rings (SSSR count). The first-order valence-electron chi connectivity index (χ1n) is 10.5. The van der Waals surface area contributed by atoms with Crippen molar-refractivity contribution in [3.63, 3.8) is 0 Å². The smallest absolute Gasteiger partial charge is 0.0477 e. The molecule has 0 aliphatic rings. The highest BCUT2D eigenvalue weighted by Crippen LogP contribution is 2.44. The van der Waals surface area contributed by atoms with Crippen molar-refractivity contribution in [2.45, 2.75) is 27.7 Å². The van der Waals surface area contributed by atoms with E-state index in [0.29, 0.717) is 0 Å². The first-order chi connectivity index (χ1) is 14.8. The second-order valence-corrected chi connectivity index (χ2v) is 8.31. The molecule has 0 amide bonds. The maximum absolute atomic E-state index is 6.82. The van der Waals surface area contributed by atoms with E-state index in [2.05, 4.69) is 76.2 Å². The van der Waals surface area contributed by atoms with Gasteiger partial charge in [-0.3, -0.25) is 0 Å². The summed E-state index contributed by atoms with van der Waals surface area (Å²) in [6, 6.07) is 22.6. The molecule has 0 aromatic heterocycles. The van der Waals surface area contributed by atoms with Crippen LogP contribution in [0.2, 0.25) is 0 Å². The molecule has 0 heterocycles. The van der Waals surface area contributed by atoms with Gasteiger partial charge in [0, 0.05) is 33.8 Å². The summed E-state index contributed by atoms with van der Waals surface area (Å²) in [6.45, 7) is 8.42. The summed E-state index contributed by atoms with van der Waals surface area (Å²) < 4.78 is 0. The van der Waals surface area contributed by atoms with Gasteiger partial charge >= 0.3 is 0 Å². The Balaban J connectivity index is 1.98.